The summed E-state index contributed by atoms with van der Waals surface area (Å²) in [5.74, 6) is 1.53. The molecular formula is C13H16N2O2. The average molecular weight is 232 g/mol. The topological polar surface area (TPSA) is 36.3 Å². The minimum Gasteiger partial charge on any atom is -0.497 e. The maximum atomic E-state index is 5.31. The van der Waals surface area contributed by atoms with Crippen molar-refractivity contribution in [2.45, 2.75) is 13.5 Å². The Hall–Kier alpha value is -1.97. The van der Waals surface area contributed by atoms with E-state index in [1.54, 1.807) is 7.11 Å². The molecule has 2 aromatic rings. The van der Waals surface area contributed by atoms with Crippen LogP contribution in [0.2, 0.25) is 0 Å². The molecular weight excluding hydrogens is 216 g/mol. The number of rotatable bonds is 5. The first-order valence-electron chi connectivity index (χ1n) is 5.61. The molecule has 0 atom stereocenters. The van der Waals surface area contributed by atoms with Crippen LogP contribution in [0, 0.1) is 0 Å². The summed E-state index contributed by atoms with van der Waals surface area (Å²) in [7, 11) is 1.66. The molecule has 0 saturated carbocycles. The molecule has 0 amide bonds. The summed E-state index contributed by atoms with van der Waals surface area (Å²) in [5, 5.41) is 4.30. The second-order valence-corrected chi connectivity index (χ2v) is 3.63. The van der Waals surface area contributed by atoms with Crippen molar-refractivity contribution in [3.05, 3.63) is 42.1 Å². The fraction of sp³-hybridized carbons (Fsp3) is 0.308. The molecule has 90 valence electrons. The SMILES string of the molecule is CCOc1ccn(Cc2ccc(OC)cc2)n1. The van der Waals surface area contributed by atoms with Gasteiger partial charge in [0, 0.05) is 12.3 Å². The van der Waals surface area contributed by atoms with Crippen molar-refractivity contribution in [2.75, 3.05) is 13.7 Å². The Balaban J connectivity index is 2.03. The summed E-state index contributed by atoms with van der Waals surface area (Å²) >= 11 is 0. The lowest BCUT2D eigenvalue weighted by molar-refractivity contribution is 0.322. The van der Waals surface area contributed by atoms with Gasteiger partial charge in [0.1, 0.15) is 5.75 Å². The van der Waals surface area contributed by atoms with E-state index in [9.17, 15) is 0 Å². The zero-order chi connectivity index (χ0) is 12.1. The molecule has 0 aliphatic rings. The van der Waals surface area contributed by atoms with Gasteiger partial charge < -0.3 is 9.47 Å². The highest BCUT2D eigenvalue weighted by Gasteiger charge is 2.00. The normalized spacial score (nSPS) is 10.2. The summed E-state index contributed by atoms with van der Waals surface area (Å²) in [4.78, 5) is 0. The van der Waals surface area contributed by atoms with Crippen LogP contribution in [0.5, 0.6) is 11.6 Å². The van der Waals surface area contributed by atoms with Crippen LogP contribution in [0.25, 0.3) is 0 Å². The summed E-state index contributed by atoms with van der Waals surface area (Å²) in [5.41, 5.74) is 1.18. The van der Waals surface area contributed by atoms with E-state index < -0.39 is 0 Å². The first kappa shape index (κ1) is 11.5. The van der Waals surface area contributed by atoms with E-state index in [-0.39, 0.29) is 0 Å². The van der Waals surface area contributed by atoms with Gasteiger partial charge in [0.2, 0.25) is 5.88 Å². The minimum absolute atomic E-state index is 0.638. The summed E-state index contributed by atoms with van der Waals surface area (Å²) in [6, 6.07) is 9.82. The molecule has 0 bridgehead atoms. The second kappa shape index (κ2) is 5.39. The molecule has 4 heteroatoms. The molecule has 0 saturated heterocycles. The van der Waals surface area contributed by atoms with E-state index >= 15 is 0 Å². The van der Waals surface area contributed by atoms with Crippen LogP contribution in [0.3, 0.4) is 0 Å². The molecule has 0 aliphatic heterocycles. The maximum absolute atomic E-state index is 5.31. The lowest BCUT2D eigenvalue weighted by atomic mass is 10.2. The van der Waals surface area contributed by atoms with E-state index in [2.05, 4.69) is 5.10 Å². The highest BCUT2D eigenvalue weighted by Crippen LogP contribution is 2.13. The standard InChI is InChI=1S/C13H16N2O2/c1-3-17-13-8-9-15(14-13)10-11-4-6-12(16-2)7-5-11/h4-9H,3,10H2,1-2H3. The highest BCUT2D eigenvalue weighted by molar-refractivity contribution is 5.27. The smallest absolute Gasteiger partial charge is 0.232 e. The Morgan fingerprint density at radius 2 is 1.94 bits per heavy atom. The van der Waals surface area contributed by atoms with Gasteiger partial charge in [-0.15, -0.1) is 5.10 Å². The molecule has 0 N–H and O–H groups in total. The second-order valence-electron chi connectivity index (χ2n) is 3.63. The number of benzene rings is 1. The Labute approximate surface area is 101 Å². The number of hydrogen-bond donors (Lipinski definition) is 0. The first-order valence-corrected chi connectivity index (χ1v) is 5.61. The number of nitrogens with zero attached hydrogens (tertiary/aromatic N) is 2. The molecule has 17 heavy (non-hydrogen) atoms. The number of ether oxygens (including phenoxy) is 2. The number of hydrogen-bond acceptors (Lipinski definition) is 3. The molecule has 4 nitrogen and oxygen atoms in total. The van der Waals surface area contributed by atoms with Gasteiger partial charge in [0.05, 0.1) is 20.3 Å². The molecule has 0 radical (unpaired) electrons. The van der Waals surface area contributed by atoms with Gasteiger partial charge in [0.15, 0.2) is 0 Å². The third-order valence-electron chi connectivity index (χ3n) is 2.41. The van der Waals surface area contributed by atoms with Crippen LogP contribution in [0.15, 0.2) is 36.5 Å². The summed E-state index contributed by atoms with van der Waals surface area (Å²) in [6.07, 6.45) is 1.91. The zero-order valence-electron chi connectivity index (χ0n) is 10.1. The lowest BCUT2D eigenvalue weighted by Crippen LogP contribution is -2.01. The summed E-state index contributed by atoms with van der Waals surface area (Å²) < 4.78 is 12.3. The van der Waals surface area contributed by atoms with Crippen molar-refractivity contribution in [2.24, 2.45) is 0 Å². The van der Waals surface area contributed by atoms with Crippen LogP contribution in [-0.2, 0) is 6.54 Å². The first-order chi connectivity index (χ1) is 8.31. The Morgan fingerprint density at radius 3 is 2.59 bits per heavy atom. The molecule has 0 aliphatic carbocycles. The van der Waals surface area contributed by atoms with Gasteiger partial charge in [-0.25, -0.2) is 0 Å². The lowest BCUT2D eigenvalue weighted by Gasteiger charge is -2.03. The van der Waals surface area contributed by atoms with Crippen molar-refractivity contribution < 1.29 is 9.47 Å². The quantitative estimate of drug-likeness (QED) is 0.793. The Bertz CT molecular complexity index is 463. The van der Waals surface area contributed by atoms with E-state index in [0.29, 0.717) is 12.5 Å². The fourth-order valence-corrected chi connectivity index (χ4v) is 1.57. The van der Waals surface area contributed by atoms with Crippen LogP contribution >= 0.6 is 0 Å². The Kier molecular flexibility index (Phi) is 3.65. The molecule has 2 rings (SSSR count). The molecule has 0 unspecified atom stereocenters. The van der Waals surface area contributed by atoms with Gasteiger partial charge in [-0.2, -0.15) is 0 Å². The number of methoxy groups -OCH3 is 1. The molecule has 0 fully saturated rings. The van der Waals surface area contributed by atoms with E-state index in [1.807, 2.05) is 48.1 Å². The van der Waals surface area contributed by atoms with E-state index in [0.717, 1.165) is 12.3 Å². The van der Waals surface area contributed by atoms with Crippen LogP contribution in [0.1, 0.15) is 12.5 Å². The van der Waals surface area contributed by atoms with Gasteiger partial charge in [-0.05, 0) is 24.6 Å². The predicted molar refractivity (Wildman–Crippen MR) is 65.5 cm³/mol. The predicted octanol–water partition coefficient (Wildman–Crippen LogP) is 2.34. The van der Waals surface area contributed by atoms with Crippen molar-refractivity contribution in [3.8, 4) is 11.6 Å². The average Bonchev–Trinajstić information content (AvgIpc) is 2.78. The van der Waals surface area contributed by atoms with Crippen molar-refractivity contribution in [3.63, 3.8) is 0 Å². The van der Waals surface area contributed by atoms with Gasteiger partial charge >= 0.3 is 0 Å². The van der Waals surface area contributed by atoms with Gasteiger partial charge in [-0.1, -0.05) is 12.1 Å². The third kappa shape index (κ3) is 3.00. The van der Waals surface area contributed by atoms with E-state index in [1.165, 1.54) is 5.56 Å². The maximum Gasteiger partial charge on any atom is 0.232 e. The monoisotopic (exact) mass is 232 g/mol. The minimum atomic E-state index is 0.638. The van der Waals surface area contributed by atoms with Crippen LogP contribution in [0.4, 0.5) is 0 Å². The fourth-order valence-electron chi connectivity index (χ4n) is 1.57. The largest absolute Gasteiger partial charge is 0.497 e. The molecule has 1 heterocycles. The zero-order valence-corrected chi connectivity index (χ0v) is 10.1. The van der Waals surface area contributed by atoms with Crippen molar-refractivity contribution in [1.82, 2.24) is 9.78 Å². The summed E-state index contributed by atoms with van der Waals surface area (Å²) in [6.45, 7) is 3.32. The van der Waals surface area contributed by atoms with Crippen LogP contribution in [-0.4, -0.2) is 23.5 Å². The van der Waals surface area contributed by atoms with Crippen molar-refractivity contribution in [1.29, 1.82) is 0 Å². The highest BCUT2D eigenvalue weighted by atomic mass is 16.5. The Morgan fingerprint density at radius 1 is 1.18 bits per heavy atom. The molecule has 1 aromatic carbocycles. The van der Waals surface area contributed by atoms with Gasteiger partial charge in [0.25, 0.3) is 0 Å². The number of aromatic nitrogens is 2. The van der Waals surface area contributed by atoms with Gasteiger partial charge in [-0.3, -0.25) is 4.68 Å². The van der Waals surface area contributed by atoms with E-state index in [4.69, 9.17) is 9.47 Å². The molecule has 1 aromatic heterocycles. The van der Waals surface area contributed by atoms with Crippen molar-refractivity contribution >= 4 is 0 Å². The van der Waals surface area contributed by atoms with Crippen LogP contribution < -0.4 is 9.47 Å². The molecule has 0 spiro atoms. The third-order valence-corrected chi connectivity index (χ3v) is 2.41.